The zero-order chi connectivity index (χ0) is 12.8. The molecule has 0 saturated heterocycles. The molecule has 0 bridgehead atoms. The van der Waals surface area contributed by atoms with E-state index in [9.17, 15) is 5.11 Å². The zero-order valence-corrected chi connectivity index (χ0v) is 10.8. The molecule has 0 spiro atoms. The van der Waals surface area contributed by atoms with Crippen molar-refractivity contribution >= 4 is 0 Å². The quantitative estimate of drug-likeness (QED) is 0.734. The summed E-state index contributed by atoms with van der Waals surface area (Å²) in [4.78, 5) is 0. The highest BCUT2D eigenvalue weighted by Gasteiger charge is 2.08. The minimum Gasteiger partial charge on any atom is -0.393 e. The fourth-order valence-electron chi connectivity index (χ4n) is 1.74. The smallest absolute Gasteiger partial charge is 0.120 e. The second-order valence-corrected chi connectivity index (χ2v) is 4.34. The first-order valence-electron chi connectivity index (χ1n) is 6.04. The SMILES string of the molecule is CCC(O)CCNCc1cc(C#N)n(C)c1C. The van der Waals surface area contributed by atoms with Gasteiger partial charge in [0.25, 0.3) is 0 Å². The molecule has 0 radical (unpaired) electrons. The third-order valence-corrected chi connectivity index (χ3v) is 3.20. The monoisotopic (exact) mass is 235 g/mol. The van der Waals surface area contributed by atoms with Crippen molar-refractivity contribution in [3.8, 4) is 6.07 Å². The van der Waals surface area contributed by atoms with Crippen LogP contribution in [-0.4, -0.2) is 22.3 Å². The first kappa shape index (κ1) is 13.8. The van der Waals surface area contributed by atoms with Crippen LogP contribution in [0.5, 0.6) is 0 Å². The molecule has 0 aliphatic carbocycles. The Balaban J connectivity index is 2.45. The van der Waals surface area contributed by atoms with Crippen LogP contribution < -0.4 is 5.32 Å². The van der Waals surface area contributed by atoms with Crippen LogP contribution in [0.3, 0.4) is 0 Å². The largest absolute Gasteiger partial charge is 0.393 e. The van der Waals surface area contributed by atoms with Crippen LogP contribution in [0, 0.1) is 18.3 Å². The van der Waals surface area contributed by atoms with Crippen LogP contribution in [0.1, 0.15) is 36.7 Å². The van der Waals surface area contributed by atoms with Crippen molar-refractivity contribution < 1.29 is 5.11 Å². The van der Waals surface area contributed by atoms with Gasteiger partial charge in [0.1, 0.15) is 11.8 Å². The Morgan fingerprint density at radius 3 is 2.82 bits per heavy atom. The molecule has 1 aromatic heterocycles. The normalized spacial score (nSPS) is 12.4. The lowest BCUT2D eigenvalue weighted by atomic mass is 10.2. The number of aliphatic hydroxyl groups excluding tert-OH is 1. The lowest BCUT2D eigenvalue weighted by molar-refractivity contribution is 0.159. The summed E-state index contributed by atoms with van der Waals surface area (Å²) in [6.45, 7) is 5.53. The Bertz CT molecular complexity index is 404. The number of nitrogens with one attached hydrogen (secondary N) is 1. The standard InChI is InChI=1S/C13H21N3O/c1-4-13(17)5-6-15-9-11-7-12(8-14)16(3)10(11)2/h7,13,15,17H,4-6,9H2,1-3H3. The summed E-state index contributed by atoms with van der Waals surface area (Å²) in [6.07, 6.45) is 1.35. The molecule has 2 N–H and O–H groups in total. The molecule has 0 aliphatic heterocycles. The maximum absolute atomic E-state index is 9.41. The Kier molecular flexibility index (Phi) is 5.20. The molecule has 4 heteroatoms. The van der Waals surface area contributed by atoms with Gasteiger partial charge < -0.3 is 15.0 Å². The van der Waals surface area contributed by atoms with Crippen LogP contribution in [0.15, 0.2) is 6.07 Å². The molecule has 0 aliphatic rings. The first-order chi connectivity index (χ1) is 8.10. The number of aromatic nitrogens is 1. The summed E-state index contributed by atoms with van der Waals surface area (Å²) in [7, 11) is 1.90. The number of nitriles is 1. The predicted molar refractivity (Wildman–Crippen MR) is 67.5 cm³/mol. The van der Waals surface area contributed by atoms with Gasteiger partial charge in [-0.15, -0.1) is 0 Å². The van der Waals surface area contributed by atoms with Crippen LogP contribution in [0.25, 0.3) is 0 Å². The van der Waals surface area contributed by atoms with Gasteiger partial charge in [-0.2, -0.15) is 5.26 Å². The highest BCUT2D eigenvalue weighted by atomic mass is 16.3. The van der Waals surface area contributed by atoms with Crippen LogP contribution >= 0.6 is 0 Å². The summed E-state index contributed by atoms with van der Waals surface area (Å²) < 4.78 is 1.90. The average molecular weight is 235 g/mol. The molecule has 4 nitrogen and oxygen atoms in total. The highest BCUT2D eigenvalue weighted by Crippen LogP contribution is 2.12. The van der Waals surface area contributed by atoms with Crippen molar-refractivity contribution in [2.24, 2.45) is 7.05 Å². The van der Waals surface area contributed by atoms with E-state index in [1.165, 1.54) is 0 Å². The van der Waals surface area contributed by atoms with E-state index in [0.29, 0.717) is 5.69 Å². The molecule has 0 fully saturated rings. The molecular formula is C13H21N3O. The number of rotatable bonds is 6. The fraction of sp³-hybridized carbons (Fsp3) is 0.615. The summed E-state index contributed by atoms with van der Waals surface area (Å²) in [5.74, 6) is 0. The molecule has 1 rings (SSSR count). The highest BCUT2D eigenvalue weighted by molar-refractivity contribution is 5.33. The minimum atomic E-state index is -0.214. The third-order valence-electron chi connectivity index (χ3n) is 3.20. The van der Waals surface area contributed by atoms with Gasteiger partial charge in [-0.25, -0.2) is 0 Å². The second-order valence-electron chi connectivity index (χ2n) is 4.34. The molecule has 94 valence electrons. The molecule has 1 heterocycles. The van der Waals surface area contributed by atoms with E-state index in [0.717, 1.165) is 37.2 Å². The Morgan fingerprint density at radius 1 is 1.59 bits per heavy atom. The number of nitrogens with zero attached hydrogens (tertiary/aromatic N) is 2. The molecule has 0 amide bonds. The van der Waals surface area contributed by atoms with Crippen LogP contribution in [0.2, 0.25) is 0 Å². The van der Waals surface area contributed by atoms with Gasteiger partial charge in [0.2, 0.25) is 0 Å². The number of aliphatic hydroxyl groups is 1. The summed E-state index contributed by atoms with van der Waals surface area (Å²) >= 11 is 0. The van der Waals surface area contributed by atoms with Gasteiger partial charge in [-0.3, -0.25) is 0 Å². The van der Waals surface area contributed by atoms with Crippen molar-refractivity contribution in [1.82, 2.24) is 9.88 Å². The van der Waals surface area contributed by atoms with Crippen molar-refractivity contribution in [1.29, 1.82) is 5.26 Å². The zero-order valence-electron chi connectivity index (χ0n) is 10.8. The Labute approximate surface area is 103 Å². The predicted octanol–water partition coefficient (Wildman–Crippen LogP) is 1.46. The maximum Gasteiger partial charge on any atom is 0.120 e. The first-order valence-corrected chi connectivity index (χ1v) is 6.04. The van der Waals surface area contributed by atoms with Crippen LogP contribution in [-0.2, 0) is 13.6 Å². The molecule has 0 saturated carbocycles. The van der Waals surface area contributed by atoms with E-state index in [4.69, 9.17) is 5.26 Å². The lowest BCUT2D eigenvalue weighted by Crippen LogP contribution is -2.20. The van der Waals surface area contributed by atoms with Gasteiger partial charge in [0.15, 0.2) is 0 Å². The Morgan fingerprint density at radius 2 is 2.29 bits per heavy atom. The molecule has 1 unspecified atom stereocenters. The Hall–Kier alpha value is -1.31. The van der Waals surface area contributed by atoms with Gasteiger partial charge in [-0.05, 0) is 37.9 Å². The van der Waals surface area contributed by atoms with Gasteiger partial charge in [-0.1, -0.05) is 6.92 Å². The molecule has 1 atom stereocenters. The van der Waals surface area contributed by atoms with Gasteiger partial charge in [0.05, 0.1) is 6.10 Å². The topological polar surface area (TPSA) is 61.0 Å². The van der Waals surface area contributed by atoms with E-state index in [-0.39, 0.29) is 6.10 Å². The minimum absolute atomic E-state index is 0.214. The lowest BCUT2D eigenvalue weighted by Gasteiger charge is -2.08. The molecule has 0 aromatic carbocycles. The van der Waals surface area contributed by atoms with E-state index >= 15 is 0 Å². The molecule has 17 heavy (non-hydrogen) atoms. The number of hydrogen-bond acceptors (Lipinski definition) is 3. The average Bonchev–Trinajstić information content (AvgIpc) is 2.61. The molecular weight excluding hydrogens is 214 g/mol. The van der Waals surface area contributed by atoms with Crippen LogP contribution in [0.4, 0.5) is 0 Å². The van der Waals surface area contributed by atoms with E-state index < -0.39 is 0 Å². The van der Waals surface area contributed by atoms with E-state index in [1.54, 1.807) is 0 Å². The van der Waals surface area contributed by atoms with Crippen molar-refractivity contribution in [2.75, 3.05) is 6.54 Å². The third kappa shape index (κ3) is 3.58. The van der Waals surface area contributed by atoms with Crippen molar-refractivity contribution in [3.05, 3.63) is 23.0 Å². The number of hydrogen-bond donors (Lipinski definition) is 2. The second kappa shape index (κ2) is 6.43. The van der Waals surface area contributed by atoms with Crippen molar-refractivity contribution in [3.63, 3.8) is 0 Å². The van der Waals surface area contributed by atoms with E-state index in [1.807, 2.05) is 31.5 Å². The summed E-state index contributed by atoms with van der Waals surface area (Å²) in [5.41, 5.74) is 2.95. The summed E-state index contributed by atoms with van der Waals surface area (Å²) in [6, 6.07) is 4.08. The van der Waals surface area contributed by atoms with E-state index in [2.05, 4.69) is 11.4 Å². The van der Waals surface area contributed by atoms with Gasteiger partial charge >= 0.3 is 0 Å². The summed E-state index contributed by atoms with van der Waals surface area (Å²) in [5, 5.41) is 21.6. The fourth-order valence-corrected chi connectivity index (χ4v) is 1.74. The maximum atomic E-state index is 9.41. The van der Waals surface area contributed by atoms with Crippen molar-refractivity contribution in [2.45, 2.75) is 39.3 Å². The molecule has 1 aromatic rings. The van der Waals surface area contributed by atoms with Gasteiger partial charge in [0, 0.05) is 19.3 Å².